The van der Waals surface area contributed by atoms with Crippen LogP contribution < -0.4 is 11.1 Å². The third-order valence-electron chi connectivity index (χ3n) is 3.61. The van der Waals surface area contributed by atoms with Crippen LogP contribution in [0.1, 0.15) is 36.7 Å². The lowest BCUT2D eigenvalue weighted by molar-refractivity contribution is 0.0942. The lowest BCUT2D eigenvalue weighted by atomic mass is 10.1. The van der Waals surface area contributed by atoms with E-state index in [4.69, 9.17) is 5.73 Å². The molecule has 0 bridgehead atoms. The van der Waals surface area contributed by atoms with Gasteiger partial charge in [0.2, 0.25) is 0 Å². The Kier molecular flexibility index (Phi) is 4.36. The third kappa shape index (κ3) is 3.32. The first-order chi connectivity index (χ1) is 8.69. The van der Waals surface area contributed by atoms with E-state index in [1.165, 1.54) is 19.3 Å². The molecular formula is C13H22N4O. The van der Waals surface area contributed by atoms with E-state index in [1.807, 2.05) is 4.57 Å². The van der Waals surface area contributed by atoms with Crippen LogP contribution in [0.3, 0.4) is 0 Å². The van der Waals surface area contributed by atoms with E-state index in [-0.39, 0.29) is 5.91 Å². The first-order valence-electron chi connectivity index (χ1n) is 6.69. The number of hydrogen-bond donors (Lipinski definition) is 2. The van der Waals surface area contributed by atoms with E-state index in [9.17, 15) is 4.79 Å². The zero-order chi connectivity index (χ0) is 13.0. The maximum absolute atomic E-state index is 11.9. The van der Waals surface area contributed by atoms with Crippen molar-refractivity contribution in [1.82, 2.24) is 14.9 Å². The zero-order valence-corrected chi connectivity index (χ0v) is 10.9. The van der Waals surface area contributed by atoms with Gasteiger partial charge in [-0.05, 0) is 24.7 Å². The molecule has 1 aromatic heterocycles. The maximum atomic E-state index is 11.9. The molecule has 0 aliphatic heterocycles. The Labute approximate surface area is 108 Å². The van der Waals surface area contributed by atoms with Crippen LogP contribution in [0.4, 0.5) is 0 Å². The molecule has 0 aromatic carbocycles. The highest BCUT2D eigenvalue weighted by Gasteiger charge is 2.22. The molecule has 0 spiro atoms. The van der Waals surface area contributed by atoms with Crippen molar-refractivity contribution < 1.29 is 4.79 Å². The van der Waals surface area contributed by atoms with Gasteiger partial charge in [0, 0.05) is 25.8 Å². The zero-order valence-electron chi connectivity index (χ0n) is 10.9. The molecule has 1 aliphatic carbocycles. The predicted molar refractivity (Wildman–Crippen MR) is 70.1 cm³/mol. The first-order valence-corrected chi connectivity index (χ1v) is 6.69. The van der Waals surface area contributed by atoms with Crippen LogP contribution in [0.2, 0.25) is 0 Å². The monoisotopic (exact) mass is 250 g/mol. The van der Waals surface area contributed by atoms with Crippen molar-refractivity contribution in [3.8, 4) is 0 Å². The molecule has 3 N–H and O–H groups in total. The number of carbonyl (C=O) groups is 1. The predicted octanol–water partition coefficient (Wildman–Crippen LogP) is 1.01. The number of aromatic nitrogens is 2. The average Bonchev–Trinajstić information content (AvgIpc) is 2.96. The van der Waals surface area contributed by atoms with Crippen LogP contribution in [0.15, 0.2) is 12.5 Å². The first kappa shape index (κ1) is 13.1. The summed E-state index contributed by atoms with van der Waals surface area (Å²) in [7, 11) is 0. The minimum Gasteiger partial charge on any atom is -0.350 e. The second-order valence-corrected chi connectivity index (χ2v) is 5.28. The topological polar surface area (TPSA) is 72.9 Å². The molecule has 1 aliphatic rings. The summed E-state index contributed by atoms with van der Waals surface area (Å²) in [6.07, 6.45) is 7.13. The van der Waals surface area contributed by atoms with Gasteiger partial charge in [-0.1, -0.05) is 13.3 Å². The Morgan fingerprint density at radius 3 is 3.11 bits per heavy atom. The van der Waals surface area contributed by atoms with Crippen LogP contribution in [0.25, 0.3) is 0 Å². The smallest absolute Gasteiger partial charge is 0.271 e. The fourth-order valence-corrected chi connectivity index (χ4v) is 2.59. The normalized spacial score (nSPS) is 23.2. The Hall–Kier alpha value is -1.36. The number of nitrogens with two attached hydrogens (primary N) is 1. The van der Waals surface area contributed by atoms with Crippen LogP contribution in [0, 0.1) is 11.8 Å². The van der Waals surface area contributed by atoms with E-state index in [0.29, 0.717) is 24.7 Å². The molecule has 1 saturated carbocycles. The van der Waals surface area contributed by atoms with Gasteiger partial charge in [0.05, 0.1) is 6.33 Å². The molecule has 1 amide bonds. The average molecular weight is 250 g/mol. The highest BCUT2D eigenvalue weighted by atomic mass is 16.1. The lowest BCUT2D eigenvalue weighted by Gasteiger charge is -2.09. The van der Waals surface area contributed by atoms with Gasteiger partial charge in [-0.2, -0.15) is 0 Å². The molecule has 2 rings (SSSR count). The van der Waals surface area contributed by atoms with Gasteiger partial charge in [-0.15, -0.1) is 0 Å². The molecule has 1 fully saturated rings. The van der Waals surface area contributed by atoms with Crippen molar-refractivity contribution in [2.24, 2.45) is 17.6 Å². The van der Waals surface area contributed by atoms with E-state index < -0.39 is 0 Å². The Morgan fingerprint density at radius 2 is 2.44 bits per heavy atom. The van der Waals surface area contributed by atoms with Gasteiger partial charge in [0.1, 0.15) is 5.69 Å². The quantitative estimate of drug-likeness (QED) is 0.819. The Morgan fingerprint density at radius 1 is 1.61 bits per heavy atom. The molecule has 0 radical (unpaired) electrons. The van der Waals surface area contributed by atoms with Crippen molar-refractivity contribution in [3.05, 3.63) is 18.2 Å². The van der Waals surface area contributed by atoms with E-state index in [0.717, 1.165) is 12.5 Å². The Balaban J connectivity index is 1.80. The SMILES string of the molecule is CC1CCC(CNC(=O)c2cn(CCN)cn2)C1. The number of hydrogen-bond acceptors (Lipinski definition) is 3. The second kappa shape index (κ2) is 6.00. The van der Waals surface area contributed by atoms with Crippen molar-refractivity contribution in [3.63, 3.8) is 0 Å². The molecule has 1 heterocycles. The standard InChI is InChI=1S/C13H22N4O/c1-10-2-3-11(6-10)7-15-13(18)12-8-17(5-4-14)9-16-12/h8-11H,2-7,14H2,1H3,(H,15,18). The van der Waals surface area contributed by atoms with Crippen LogP contribution >= 0.6 is 0 Å². The van der Waals surface area contributed by atoms with Crippen molar-refractivity contribution in [2.75, 3.05) is 13.1 Å². The number of rotatable bonds is 5. The Bertz CT molecular complexity index is 401. The van der Waals surface area contributed by atoms with Gasteiger partial charge in [0.15, 0.2) is 0 Å². The van der Waals surface area contributed by atoms with Crippen molar-refractivity contribution in [1.29, 1.82) is 0 Å². The van der Waals surface area contributed by atoms with E-state index in [1.54, 1.807) is 12.5 Å². The fraction of sp³-hybridized carbons (Fsp3) is 0.692. The lowest BCUT2D eigenvalue weighted by Crippen LogP contribution is -2.28. The summed E-state index contributed by atoms with van der Waals surface area (Å²) < 4.78 is 1.84. The number of nitrogens with zero attached hydrogens (tertiary/aromatic N) is 2. The largest absolute Gasteiger partial charge is 0.350 e. The summed E-state index contributed by atoms with van der Waals surface area (Å²) in [4.78, 5) is 16.0. The molecule has 1 aromatic rings. The molecule has 5 nitrogen and oxygen atoms in total. The molecule has 2 atom stereocenters. The molecular weight excluding hydrogens is 228 g/mol. The van der Waals surface area contributed by atoms with E-state index in [2.05, 4.69) is 17.2 Å². The number of imidazole rings is 1. The number of amides is 1. The van der Waals surface area contributed by atoms with Crippen LogP contribution in [-0.4, -0.2) is 28.5 Å². The molecule has 2 unspecified atom stereocenters. The maximum Gasteiger partial charge on any atom is 0.271 e. The minimum atomic E-state index is -0.0784. The summed E-state index contributed by atoms with van der Waals surface area (Å²) in [5, 5.41) is 2.97. The summed E-state index contributed by atoms with van der Waals surface area (Å²) in [5.41, 5.74) is 5.93. The summed E-state index contributed by atoms with van der Waals surface area (Å²) >= 11 is 0. The van der Waals surface area contributed by atoms with Crippen LogP contribution in [-0.2, 0) is 6.54 Å². The molecule has 18 heavy (non-hydrogen) atoms. The number of nitrogens with one attached hydrogen (secondary N) is 1. The van der Waals surface area contributed by atoms with Crippen molar-refractivity contribution >= 4 is 5.91 Å². The second-order valence-electron chi connectivity index (χ2n) is 5.28. The molecule has 100 valence electrons. The highest BCUT2D eigenvalue weighted by Crippen LogP contribution is 2.29. The molecule has 0 saturated heterocycles. The summed E-state index contributed by atoms with van der Waals surface area (Å²) in [5.74, 6) is 1.36. The van der Waals surface area contributed by atoms with Crippen LogP contribution in [0.5, 0.6) is 0 Å². The fourth-order valence-electron chi connectivity index (χ4n) is 2.59. The van der Waals surface area contributed by atoms with Gasteiger partial charge >= 0.3 is 0 Å². The van der Waals surface area contributed by atoms with Crippen molar-refractivity contribution in [2.45, 2.75) is 32.7 Å². The van der Waals surface area contributed by atoms with E-state index >= 15 is 0 Å². The minimum absolute atomic E-state index is 0.0784. The van der Waals surface area contributed by atoms with Gasteiger partial charge in [-0.3, -0.25) is 4.79 Å². The highest BCUT2D eigenvalue weighted by molar-refractivity contribution is 5.91. The van der Waals surface area contributed by atoms with Gasteiger partial charge in [0.25, 0.3) is 5.91 Å². The third-order valence-corrected chi connectivity index (χ3v) is 3.61. The molecule has 5 heteroatoms. The van der Waals surface area contributed by atoms with Gasteiger partial charge < -0.3 is 15.6 Å². The summed E-state index contributed by atoms with van der Waals surface area (Å²) in [6, 6.07) is 0. The summed E-state index contributed by atoms with van der Waals surface area (Å²) in [6.45, 7) is 4.29. The van der Waals surface area contributed by atoms with Gasteiger partial charge in [-0.25, -0.2) is 4.98 Å². The number of carbonyl (C=O) groups excluding carboxylic acids is 1.